The second-order valence-corrected chi connectivity index (χ2v) is 6.27. The van der Waals surface area contributed by atoms with E-state index in [4.69, 9.17) is 21.1 Å². The summed E-state index contributed by atoms with van der Waals surface area (Å²) in [5.41, 5.74) is 0. The third-order valence-electron chi connectivity index (χ3n) is 2.57. The predicted octanol–water partition coefficient (Wildman–Crippen LogP) is 1.97. The van der Waals surface area contributed by atoms with Crippen LogP contribution in [0.3, 0.4) is 0 Å². The van der Waals surface area contributed by atoms with Gasteiger partial charge in [0.05, 0.1) is 13.7 Å². The van der Waals surface area contributed by atoms with E-state index >= 15 is 0 Å². The first-order valence-corrected chi connectivity index (χ1v) is 8.25. The molecule has 0 amide bonds. The lowest BCUT2D eigenvalue weighted by atomic mass is 10.3. The van der Waals surface area contributed by atoms with Gasteiger partial charge in [0.25, 0.3) is 0 Å². The van der Waals surface area contributed by atoms with Gasteiger partial charge in [-0.25, -0.2) is 13.1 Å². The molecular formula is C13H18ClNO5S. The molecule has 1 rings (SSSR count). The van der Waals surface area contributed by atoms with Crippen LogP contribution >= 0.6 is 11.6 Å². The van der Waals surface area contributed by atoms with Crippen molar-refractivity contribution in [2.45, 2.75) is 24.7 Å². The van der Waals surface area contributed by atoms with Gasteiger partial charge in [-0.3, -0.25) is 4.79 Å². The molecule has 118 valence electrons. The second-order valence-electron chi connectivity index (χ2n) is 4.10. The number of carbonyl (C=O) groups is 1. The second kappa shape index (κ2) is 8.21. The van der Waals surface area contributed by atoms with Gasteiger partial charge < -0.3 is 9.47 Å². The number of hydrogen-bond acceptors (Lipinski definition) is 5. The SMILES string of the molecule is CCOC(=O)CCCNS(=O)(=O)c1ccc(Cl)cc1OC. The Hall–Kier alpha value is -1.31. The summed E-state index contributed by atoms with van der Waals surface area (Å²) in [6.45, 7) is 2.16. The van der Waals surface area contributed by atoms with Gasteiger partial charge in [0.2, 0.25) is 10.0 Å². The van der Waals surface area contributed by atoms with Crippen LogP contribution in [0.1, 0.15) is 19.8 Å². The largest absolute Gasteiger partial charge is 0.495 e. The maximum atomic E-state index is 12.1. The van der Waals surface area contributed by atoms with Gasteiger partial charge in [0.15, 0.2) is 0 Å². The summed E-state index contributed by atoms with van der Waals surface area (Å²) in [7, 11) is -2.35. The third kappa shape index (κ3) is 5.53. The summed E-state index contributed by atoms with van der Waals surface area (Å²) < 4.78 is 36.5. The Morgan fingerprint density at radius 1 is 1.38 bits per heavy atom. The Labute approximate surface area is 129 Å². The Morgan fingerprint density at radius 3 is 2.71 bits per heavy atom. The van der Waals surface area contributed by atoms with Crippen molar-refractivity contribution in [3.63, 3.8) is 0 Å². The standard InChI is InChI=1S/C13H18ClNO5S/c1-3-20-13(16)5-4-8-15-21(17,18)12-7-6-10(14)9-11(12)19-2/h6-7,9,15H,3-5,8H2,1-2H3. The van der Waals surface area contributed by atoms with Crippen molar-refractivity contribution >= 4 is 27.6 Å². The van der Waals surface area contributed by atoms with Crippen LogP contribution in [0.4, 0.5) is 0 Å². The fourth-order valence-electron chi connectivity index (χ4n) is 1.61. The lowest BCUT2D eigenvalue weighted by Gasteiger charge is -2.10. The Kier molecular flexibility index (Phi) is 6.94. The summed E-state index contributed by atoms with van der Waals surface area (Å²) in [6, 6.07) is 4.26. The highest BCUT2D eigenvalue weighted by Crippen LogP contribution is 2.26. The van der Waals surface area contributed by atoms with Crippen molar-refractivity contribution in [3.8, 4) is 5.75 Å². The van der Waals surface area contributed by atoms with E-state index < -0.39 is 10.0 Å². The van der Waals surface area contributed by atoms with E-state index in [-0.39, 0.29) is 29.6 Å². The number of rotatable bonds is 8. The zero-order valence-electron chi connectivity index (χ0n) is 11.9. The number of nitrogens with one attached hydrogen (secondary N) is 1. The third-order valence-corrected chi connectivity index (χ3v) is 4.31. The highest BCUT2D eigenvalue weighted by atomic mass is 35.5. The van der Waals surface area contributed by atoms with Crippen molar-refractivity contribution in [3.05, 3.63) is 23.2 Å². The van der Waals surface area contributed by atoms with Crippen LogP contribution in [-0.4, -0.2) is 34.6 Å². The molecule has 1 N–H and O–H groups in total. The molecule has 21 heavy (non-hydrogen) atoms. The van der Waals surface area contributed by atoms with Crippen molar-refractivity contribution in [1.82, 2.24) is 4.72 Å². The van der Waals surface area contributed by atoms with Crippen molar-refractivity contribution in [1.29, 1.82) is 0 Å². The summed E-state index contributed by atoms with van der Waals surface area (Å²) >= 11 is 5.79. The van der Waals surface area contributed by atoms with Crippen molar-refractivity contribution < 1.29 is 22.7 Å². The van der Waals surface area contributed by atoms with Crippen LogP contribution in [0, 0.1) is 0 Å². The molecule has 1 aromatic rings. The molecule has 0 aromatic heterocycles. The Balaban J connectivity index is 2.64. The number of benzene rings is 1. The van der Waals surface area contributed by atoms with Gasteiger partial charge in [-0.15, -0.1) is 0 Å². The van der Waals surface area contributed by atoms with Crippen LogP contribution < -0.4 is 9.46 Å². The summed E-state index contributed by atoms with van der Waals surface area (Å²) in [5, 5.41) is 0.383. The molecular weight excluding hydrogens is 318 g/mol. The molecule has 0 bridgehead atoms. The minimum absolute atomic E-state index is 0.00512. The topological polar surface area (TPSA) is 81.7 Å². The molecule has 0 aliphatic carbocycles. The smallest absolute Gasteiger partial charge is 0.305 e. The zero-order chi connectivity index (χ0) is 15.9. The fourth-order valence-corrected chi connectivity index (χ4v) is 3.00. The molecule has 0 saturated heterocycles. The van der Waals surface area contributed by atoms with E-state index in [9.17, 15) is 13.2 Å². The van der Waals surface area contributed by atoms with Gasteiger partial charge in [-0.2, -0.15) is 0 Å². The highest BCUT2D eigenvalue weighted by molar-refractivity contribution is 7.89. The van der Waals surface area contributed by atoms with E-state index in [2.05, 4.69) is 4.72 Å². The first-order valence-electron chi connectivity index (χ1n) is 6.39. The first-order chi connectivity index (χ1) is 9.90. The molecule has 0 heterocycles. The molecule has 0 unspecified atom stereocenters. The molecule has 0 fully saturated rings. The van der Waals surface area contributed by atoms with Crippen LogP contribution in [0.25, 0.3) is 0 Å². The van der Waals surface area contributed by atoms with E-state index in [1.165, 1.54) is 25.3 Å². The summed E-state index contributed by atoms with van der Waals surface area (Å²) in [6.07, 6.45) is 0.516. The van der Waals surface area contributed by atoms with Crippen LogP contribution in [-0.2, 0) is 19.6 Å². The van der Waals surface area contributed by atoms with Gasteiger partial charge in [0, 0.05) is 24.1 Å². The minimum Gasteiger partial charge on any atom is -0.495 e. The van der Waals surface area contributed by atoms with E-state index in [0.29, 0.717) is 18.1 Å². The lowest BCUT2D eigenvalue weighted by Crippen LogP contribution is -2.25. The van der Waals surface area contributed by atoms with Gasteiger partial charge in [0.1, 0.15) is 10.6 Å². The molecule has 0 spiro atoms. The van der Waals surface area contributed by atoms with Crippen molar-refractivity contribution in [2.75, 3.05) is 20.3 Å². The minimum atomic E-state index is -3.72. The maximum absolute atomic E-state index is 12.1. The molecule has 0 aliphatic heterocycles. The lowest BCUT2D eigenvalue weighted by molar-refractivity contribution is -0.143. The van der Waals surface area contributed by atoms with Gasteiger partial charge >= 0.3 is 5.97 Å². The average molecular weight is 336 g/mol. The summed E-state index contributed by atoms with van der Waals surface area (Å²) in [5.74, 6) is -0.179. The molecule has 6 nitrogen and oxygen atoms in total. The van der Waals surface area contributed by atoms with Gasteiger partial charge in [-0.1, -0.05) is 11.6 Å². The average Bonchev–Trinajstić information content (AvgIpc) is 2.43. The maximum Gasteiger partial charge on any atom is 0.305 e. The predicted molar refractivity (Wildman–Crippen MR) is 79.1 cm³/mol. The number of ether oxygens (including phenoxy) is 2. The number of carbonyl (C=O) groups excluding carboxylic acids is 1. The monoisotopic (exact) mass is 335 g/mol. The Morgan fingerprint density at radius 2 is 2.10 bits per heavy atom. The summed E-state index contributed by atoms with van der Waals surface area (Å²) in [4.78, 5) is 11.1. The van der Waals surface area contributed by atoms with Crippen LogP contribution in [0.2, 0.25) is 5.02 Å². The number of hydrogen-bond donors (Lipinski definition) is 1. The molecule has 1 aromatic carbocycles. The number of esters is 1. The van der Waals surface area contributed by atoms with Crippen molar-refractivity contribution in [2.24, 2.45) is 0 Å². The molecule has 8 heteroatoms. The zero-order valence-corrected chi connectivity index (χ0v) is 13.5. The molecule has 0 atom stereocenters. The molecule has 0 aliphatic rings. The first kappa shape index (κ1) is 17.7. The number of sulfonamides is 1. The highest BCUT2D eigenvalue weighted by Gasteiger charge is 2.19. The van der Waals surface area contributed by atoms with E-state index in [1.807, 2.05) is 0 Å². The van der Waals surface area contributed by atoms with Crippen LogP contribution in [0.15, 0.2) is 23.1 Å². The van der Waals surface area contributed by atoms with Crippen LogP contribution in [0.5, 0.6) is 5.75 Å². The normalized spacial score (nSPS) is 11.2. The molecule has 0 radical (unpaired) electrons. The Bertz CT molecular complexity index is 588. The quantitative estimate of drug-likeness (QED) is 0.580. The van der Waals surface area contributed by atoms with Gasteiger partial charge in [-0.05, 0) is 25.5 Å². The number of halogens is 1. The molecule has 0 saturated carbocycles. The van der Waals surface area contributed by atoms with E-state index in [1.54, 1.807) is 6.92 Å². The fraction of sp³-hybridized carbons (Fsp3) is 0.462. The van der Waals surface area contributed by atoms with E-state index in [0.717, 1.165) is 0 Å². The number of methoxy groups -OCH3 is 1.